The second kappa shape index (κ2) is 7.43. The fourth-order valence-corrected chi connectivity index (χ4v) is 4.72. The Kier molecular flexibility index (Phi) is 5.27. The average molecular weight is 353 g/mol. The van der Waals surface area contributed by atoms with E-state index in [1.165, 1.54) is 11.1 Å². The molecule has 2 aromatic rings. The van der Waals surface area contributed by atoms with Crippen molar-refractivity contribution in [3.05, 3.63) is 71.8 Å². The van der Waals surface area contributed by atoms with Crippen LogP contribution in [0.5, 0.6) is 0 Å². The molecule has 130 valence electrons. The zero-order chi connectivity index (χ0) is 17.9. The summed E-state index contributed by atoms with van der Waals surface area (Å²) < 4.78 is 24.0. The van der Waals surface area contributed by atoms with E-state index in [2.05, 4.69) is 35.1 Å². The SMILES string of the molecule is C#C[C@@H]1[C@@H](CS(=O)(=O)CC)CN1C(c1ccccc1)c1ccccc1. The highest BCUT2D eigenvalue weighted by atomic mass is 32.2. The minimum absolute atomic E-state index is 0.00451. The van der Waals surface area contributed by atoms with Gasteiger partial charge in [0, 0.05) is 18.2 Å². The molecule has 25 heavy (non-hydrogen) atoms. The summed E-state index contributed by atoms with van der Waals surface area (Å²) in [7, 11) is -3.02. The standard InChI is InChI=1S/C21H23NO2S/c1-3-20-19(16-25(23,24)4-2)15-22(20)21(17-11-7-5-8-12-17)18-13-9-6-10-14-18/h1,5-14,19-21H,4,15-16H2,2H3/t19-,20-/m1/s1. The van der Waals surface area contributed by atoms with Gasteiger partial charge >= 0.3 is 0 Å². The second-order valence-corrected chi connectivity index (χ2v) is 8.89. The largest absolute Gasteiger partial charge is 0.278 e. The lowest BCUT2D eigenvalue weighted by Crippen LogP contribution is -2.58. The molecular weight excluding hydrogens is 330 g/mol. The van der Waals surface area contributed by atoms with Crippen LogP contribution in [-0.4, -0.2) is 37.4 Å². The molecule has 0 spiro atoms. The summed E-state index contributed by atoms with van der Waals surface area (Å²) in [5.41, 5.74) is 2.34. The number of terminal acetylenes is 1. The number of likely N-dealkylation sites (tertiary alicyclic amines) is 1. The molecule has 0 bridgehead atoms. The Balaban J connectivity index is 1.90. The zero-order valence-corrected chi connectivity index (χ0v) is 15.2. The molecule has 0 radical (unpaired) electrons. The fourth-order valence-electron chi connectivity index (χ4n) is 3.55. The van der Waals surface area contributed by atoms with Crippen LogP contribution in [0.4, 0.5) is 0 Å². The second-order valence-electron chi connectivity index (χ2n) is 6.49. The molecular formula is C21H23NO2S. The first-order valence-electron chi connectivity index (χ1n) is 8.58. The molecule has 4 heteroatoms. The minimum Gasteiger partial charge on any atom is -0.278 e. The van der Waals surface area contributed by atoms with Gasteiger partial charge < -0.3 is 0 Å². The summed E-state index contributed by atoms with van der Waals surface area (Å²) in [6, 6.07) is 20.4. The lowest BCUT2D eigenvalue weighted by atomic mass is 9.84. The van der Waals surface area contributed by atoms with Crippen LogP contribution in [0.15, 0.2) is 60.7 Å². The molecule has 1 heterocycles. The van der Waals surface area contributed by atoms with Gasteiger partial charge in [0.25, 0.3) is 0 Å². The summed E-state index contributed by atoms with van der Waals surface area (Å²) >= 11 is 0. The first kappa shape index (κ1) is 17.7. The monoisotopic (exact) mass is 353 g/mol. The summed E-state index contributed by atoms with van der Waals surface area (Å²) in [4.78, 5) is 2.24. The number of nitrogens with zero attached hydrogens (tertiary/aromatic N) is 1. The summed E-state index contributed by atoms with van der Waals surface area (Å²) in [6.07, 6.45) is 5.78. The van der Waals surface area contributed by atoms with Crippen LogP contribution in [-0.2, 0) is 9.84 Å². The topological polar surface area (TPSA) is 37.4 Å². The maximum Gasteiger partial charge on any atom is 0.150 e. The molecule has 0 saturated carbocycles. The highest BCUT2D eigenvalue weighted by Gasteiger charge is 2.44. The van der Waals surface area contributed by atoms with Crippen LogP contribution < -0.4 is 0 Å². The molecule has 0 unspecified atom stereocenters. The van der Waals surface area contributed by atoms with Crippen molar-refractivity contribution in [1.82, 2.24) is 4.90 Å². The third-order valence-electron chi connectivity index (χ3n) is 4.89. The molecule has 1 aliphatic heterocycles. The van der Waals surface area contributed by atoms with Crippen molar-refractivity contribution in [2.24, 2.45) is 5.92 Å². The number of sulfone groups is 1. The van der Waals surface area contributed by atoms with Crippen LogP contribution >= 0.6 is 0 Å². The summed E-state index contributed by atoms with van der Waals surface area (Å²) in [5.74, 6) is 3.17. The molecule has 1 saturated heterocycles. The van der Waals surface area contributed by atoms with Crippen molar-refractivity contribution in [1.29, 1.82) is 0 Å². The Hall–Kier alpha value is -2.09. The van der Waals surface area contributed by atoms with Gasteiger partial charge in [0.1, 0.15) is 9.84 Å². The maximum atomic E-state index is 12.0. The predicted molar refractivity (Wildman–Crippen MR) is 102 cm³/mol. The molecule has 2 atom stereocenters. The number of hydrogen-bond acceptors (Lipinski definition) is 3. The number of hydrogen-bond donors (Lipinski definition) is 0. The Morgan fingerprint density at radius 1 is 1.08 bits per heavy atom. The van der Waals surface area contributed by atoms with Gasteiger partial charge in [-0.25, -0.2) is 8.42 Å². The fraction of sp³-hybridized carbons (Fsp3) is 0.333. The number of rotatable bonds is 6. The normalized spacial score (nSPS) is 20.8. The Morgan fingerprint density at radius 3 is 2.04 bits per heavy atom. The lowest BCUT2D eigenvalue weighted by molar-refractivity contribution is 0.0361. The molecule has 0 aromatic heterocycles. The van der Waals surface area contributed by atoms with E-state index in [4.69, 9.17) is 6.42 Å². The molecule has 3 rings (SSSR count). The van der Waals surface area contributed by atoms with Gasteiger partial charge in [-0.2, -0.15) is 0 Å². The van der Waals surface area contributed by atoms with E-state index < -0.39 is 9.84 Å². The van der Waals surface area contributed by atoms with Crippen molar-refractivity contribution in [3.63, 3.8) is 0 Å². The lowest BCUT2D eigenvalue weighted by Gasteiger charge is -2.49. The Morgan fingerprint density at radius 2 is 1.60 bits per heavy atom. The van der Waals surface area contributed by atoms with E-state index in [0.717, 1.165) is 0 Å². The van der Waals surface area contributed by atoms with Crippen LogP contribution in [0, 0.1) is 18.3 Å². The third-order valence-corrected chi connectivity index (χ3v) is 6.71. The van der Waals surface area contributed by atoms with E-state index >= 15 is 0 Å². The van der Waals surface area contributed by atoms with Gasteiger partial charge in [-0.05, 0) is 11.1 Å². The Bertz CT molecular complexity index is 801. The molecule has 3 nitrogen and oxygen atoms in total. The van der Waals surface area contributed by atoms with E-state index in [-0.39, 0.29) is 29.5 Å². The van der Waals surface area contributed by atoms with Crippen LogP contribution in [0.2, 0.25) is 0 Å². The van der Waals surface area contributed by atoms with Gasteiger partial charge in [-0.1, -0.05) is 73.5 Å². The third kappa shape index (κ3) is 3.78. The quantitative estimate of drug-likeness (QED) is 0.749. The van der Waals surface area contributed by atoms with Crippen LogP contribution in [0.25, 0.3) is 0 Å². The minimum atomic E-state index is -3.02. The molecule has 0 amide bonds. The van der Waals surface area contributed by atoms with Gasteiger partial charge in [-0.15, -0.1) is 6.42 Å². The Labute approximate surface area is 150 Å². The van der Waals surface area contributed by atoms with Gasteiger partial charge in [-0.3, -0.25) is 4.90 Å². The predicted octanol–water partition coefficient (Wildman–Crippen LogP) is 3.14. The zero-order valence-electron chi connectivity index (χ0n) is 14.4. The smallest absolute Gasteiger partial charge is 0.150 e. The molecule has 1 fully saturated rings. The molecule has 1 aliphatic rings. The highest BCUT2D eigenvalue weighted by molar-refractivity contribution is 7.91. The summed E-state index contributed by atoms with van der Waals surface area (Å²) in [5, 5.41) is 0. The average Bonchev–Trinajstić information content (AvgIpc) is 2.62. The van der Waals surface area contributed by atoms with Crippen LogP contribution in [0.3, 0.4) is 0 Å². The van der Waals surface area contributed by atoms with Crippen LogP contribution in [0.1, 0.15) is 24.1 Å². The molecule has 2 aromatic carbocycles. The van der Waals surface area contributed by atoms with Crippen molar-refractivity contribution in [2.45, 2.75) is 19.0 Å². The van der Waals surface area contributed by atoms with E-state index in [0.29, 0.717) is 6.54 Å². The van der Waals surface area contributed by atoms with Crippen molar-refractivity contribution in [2.75, 3.05) is 18.1 Å². The van der Waals surface area contributed by atoms with E-state index in [1.54, 1.807) is 6.92 Å². The van der Waals surface area contributed by atoms with Crippen molar-refractivity contribution in [3.8, 4) is 12.3 Å². The van der Waals surface area contributed by atoms with Gasteiger partial charge in [0.15, 0.2) is 0 Å². The summed E-state index contributed by atoms with van der Waals surface area (Å²) in [6.45, 7) is 2.38. The maximum absolute atomic E-state index is 12.0. The first-order chi connectivity index (χ1) is 12.1. The van der Waals surface area contributed by atoms with E-state index in [9.17, 15) is 8.42 Å². The van der Waals surface area contributed by atoms with Crippen molar-refractivity contribution >= 4 is 9.84 Å². The van der Waals surface area contributed by atoms with Crippen molar-refractivity contribution < 1.29 is 8.42 Å². The highest BCUT2D eigenvalue weighted by Crippen LogP contribution is 2.38. The molecule has 0 aliphatic carbocycles. The first-order valence-corrected chi connectivity index (χ1v) is 10.4. The van der Waals surface area contributed by atoms with E-state index in [1.807, 2.05) is 36.4 Å². The van der Waals surface area contributed by atoms with Gasteiger partial charge in [0.2, 0.25) is 0 Å². The van der Waals surface area contributed by atoms with Gasteiger partial charge in [0.05, 0.1) is 17.8 Å². The molecule has 0 N–H and O–H groups in total. The number of benzene rings is 2.